The number of aryl methyl sites for hydroxylation is 1. The molecule has 3 rings (SSSR count). The molecule has 0 unspecified atom stereocenters. The van der Waals surface area contributed by atoms with Crippen molar-refractivity contribution in [2.75, 3.05) is 6.61 Å². The number of nitrogens with zero attached hydrogens (tertiary/aromatic N) is 2. The molecule has 2 heterocycles. The third kappa shape index (κ3) is 4.00. The lowest BCUT2D eigenvalue weighted by Crippen LogP contribution is -2.22. The van der Waals surface area contributed by atoms with Crippen LogP contribution in [0.4, 0.5) is 13.2 Å². The van der Waals surface area contributed by atoms with E-state index in [1.54, 1.807) is 6.92 Å². The second-order valence-electron chi connectivity index (χ2n) is 5.80. The van der Waals surface area contributed by atoms with Gasteiger partial charge in [0.15, 0.2) is 0 Å². The molecule has 0 saturated heterocycles. The molecule has 0 radical (unpaired) electrons. The lowest BCUT2D eigenvalue weighted by atomic mass is 10.2. The van der Waals surface area contributed by atoms with Crippen molar-refractivity contribution in [1.29, 1.82) is 0 Å². The van der Waals surface area contributed by atoms with Crippen LogP contribution >= 0.6 is 0 Å². The van der Waals surface area contributed by atoms with E-state index in [4.69, 9.17) is 9.15 Å². The summed E-state index contributed by atoms with van der Waals surface area (Å²) in [6, 6.07) is 5.08. The first kappa shape index (κ1) is 19.5. The zero-order chi connectivity index (χ0) is 20.5. The second kappa shape index (κ2) is 7.37. The number of rotatable bonds is 5. The SMILES string of the molecule is CCOC(=O)c1c(C)oc2ncn(Cc3ccc(OC(F)(F)F)cc3)c(=O)c12. The first-order valence-corrected chi connectivity index (χ1v) is 8.20. The molecule has 7 nitrogen and oxygen atoms in total. The van der Waals surface area contributed by atoms with Gasteiger partial charge in [0.05, 0.1) is 13.2 Å². The van der Waals surface area contributed by atoms with Gasteiger partial charge in [-0.3, -0.25) is 9.36 Å². The van der Waals surface area contributed by atoms with E-state index < -0.39 is 17.9 Å². The minimum absolute atomic E-state index is 0.00419. The molecule has 1 aromatic carbocycles. The minimum Gasteiger partial charge on any atom is -0.462 e. The molecule has 0 aliphatic heterocycles. The lowest BCUT2D eigenvalue weighted by molar-refractivity contribution is -0.274. The normalized spacial score (nSPS) is 11.6. The average molecular weight is 396 g/mol. The Labute approximate surface area is 156 Å². The Morgan fingerprint density at radius 3 is 2.54 bits per heavy atom. The summed E-state index contributed by atoms with van der Waals surface area (Å²) < 4.78 is 52.0. The molecule has 148 valence electrons. The number of fused-ring (bicyclic) bond motifs is 1. The topological polar surface area (TPSA) is 83.6 Å². The van der Waals surface area contributed by atoms with Gasteiger partial charge in [0, 0.05) is 0 Å². The number of carbonyl (C=O) groups is 1. The smallest absolute Gasteiger partial charge is 0.462 e. The van der Waals surface area contributed by atoms with E-state index in [9.17, 15) is 22.8 Å². The Balaban J connectivity index is 1.94. The number of alkyl halides is 3. The van der Waals surface area contributed by atoms with Crippen LogP contribution in [-0.4, -0.2) is 28.5 Å². The number of carbonyl (C=O) groups excluding carboxylic acids is 1. The third-order valence-electron chi connectivity index (χ3n) is 3.84. The Kier molecular flexibility index (Phi) is 5.12. The lowest BCUT2D eigenvalue weighted by Gasteiger charge is -2.10. The molecular weight excluding hydrogens is 381 g/mol. The predicted molar refractivity (Wildman–Crippen MR) is 91.2 cm³/mol. The molecule has 0 aliphatic rings. The number of furan rings is 1. The summed E-state index contributed by atoms with van der Waals surface area (Å²) in [5.41, 5.74) is 0.0320. The summed E-state index contributed by atoms with van der Waals surface area (Å²) in [4.78, 5) is 29.0. The van der Waals surface area contributed by atoms with Crippen LogP contribution in [0.2, 0.25) is 0 Å². The van der Waals surface area contributed by atoms with Gasteiger partial charge in [0.1, 0.15) is 28.8 Å². The minimum atomic E-state index is -4.78. The molecule has 0 spiro atoms. The van der Waals surface area contributed by atoms with Gasteiger partial charge in [-0.25, -0.2) is 9.78 Å². The molecule has 10 heteroatoms. The largest absolute Gasteiger partial charge is 0.573 e. The van der Waals surface area contributed by atoms with Crippen molar-refractivity contribution >= 4 is 17.1 Å². The molecule has 0 aliphatic carbocycles. The number of hydrogen-bond donors (Lipinski definition) is 0. The molecule has 0 amide bonds. The highest BCUT2D eigenvalue weighted by atomic mass is 19.4. The molecule has 0 N–H and O–H groups in total. The molecule has 0 fully saturated rings. The van der Waals surface area contributed by atoms with Crippen LogP contribution in [0.3, 0.4) is 0 Å². The Morgan fingerprint density at radius 1 is 1.25 bits per heavy atom. The van der Waals surface area contributed by atoms with Gasteiger partial charge < -0.3 is 13.9 Å². The Bertz CT molecular complexity index is 1070. The van der Waals surface area contributed by atoms with E-state index in [-0.39, 0.29) is 41.3 Å². The average Bonchev–Trinajstić information content (AvgIpc) is 2.95. The summed E-state index contributed by atoms with van der Waals surface area (Å²) in [6.07, 6.45) is -3.54. The number of benzene rings is 1. The Hall–Kier alpha value is -3.30. The summed E-state index contributed by atoms with van der Waals surface area (Å²) in [6.45, 7) is 3.32. The highest BCUT2D eigenvalue weighted by Gasteiger charge is 2.31. The van der Waals surface area contributed by atoms with Crippen LogP contribution in [0, 0.1) is 6.92 Å². The van der Waals surface area contributed by atoms with Crippen LogP contribution in [0.5, 0.6) is 5.75 Å². The van der Waals surface area contributed by atoms with E-state index in [2.05, 4.69) is 9.72 Å². The number of ether oxygens (including phenoxy) is 2. The van der Waals surface area contributed by atoms with Crippen LogP contribution in [-0.2, 0) is 11.3 Å². The van der Waals surface area contributed by atoms with E-state index >= 15 is 0 Å². The van der Waals surface area contributed by atoms with E-state index in [0.29, 0.717) is 5.56 Å². The van der Waals surface area contributed by atoms with Gasteiger partial charge in [-0.05, 0) is 31.5 Å². The summed E-state index contributed by atoms with van der Waals surface area (Å²) in [7, 11) is 0. The van der Waals surface area contributed by atoms with Gasteiger partial charge in [0.25, 0.3) is 5.56 Å². The molecule has 0 saturated carbocycles. The standard InChI is InChI=1S/C18H15F3N2O5/c1-3-26-17(25)13-10(2)27-15-14(13)16(24)23(9-22-15)8-11-4-6-12(7-5-11)28-18(19,20)21/h4-7,9H,3,8H2,1-2H3. The molecule has 2 aromatic heterocycles. The fraction of sp³-hybridized carbons (Fsp3) is 0.278. The number of halogens is 3. The maximum absolute atomic E-state index is 12.8. The van der Waals surface area contributed by atoms with Crippen molar-refractivity contribution in [3.05, 3.63) is 57.8 Å². The molecule has 3 aromatic rings. The zero-order valence-corrected chi connectivity index (χ0v) is 14.9. The number of esters is 1. The fourth-order valence-corrected chi connectivity index (χ4v) is 2.69. The van der Waals surface area contributed by atoms with Crippen molar-refractivity contribution in [3.8, 4) is 5.75 Å². The first-order chi connectivity index (χ1) is 13.2. The zero-order valence-electron chi connectivity index (χ0n) is 14.9. The van der Waals surface area contributed by atoms with Crippen molar-refractivity contribution < 1.29 is 31.9 Å². The van der Waals surface area contributed by atoms with Gasteiger partial charge in [-0.15, -0.1) is 13.2 Å². The van der Waals surface area contributed by atoms with Crippen molar-refractivity contribution in [1.82, 2.24) is 9.55 Å². The fourth-order valence-electron chi connectivity index (χ4n) is 2.69. The van der Waals surface area contributed by atoms with Crippen molar-refractivity contribution in [2.24, 2.45) is 0 Å². The number of hydrogen-bond acceptors (Lipinski definition) is 6. The quantitative estimate of drug-likeness (QED) is 0.615. The number of aromatic nitrogens is 2. The summed E-state index contributed by atoms with van der Waals surface area (Å²) in [5, 5.41) is -0.00419. The summed E-state index contributed by atoms with van der Waals surface area (Å²) >= 11 is 0. The van der Waals surface area contributed by atoms with Crippen LogP contribution in [0.25, 0.3) is 11.1 Å². The monoisotopic (exact) mass is 396 g/mol. The maximum Gasteiger partial charge on any atom is 0.573 e. The molecule has 0 bridgehead atoms. The van der Waals surface area contributed by atoms with Crippen molar-refractivity contribution in [2.45, 2.75) is 26.8 Å². The summed E-state index contributed by atoms with van der Waals surface area (Å²) in [5.74, 6) is -0.847. The van der Waals surface area contributed by atoms with Crippen LogP contribution in [0.1, 0.15) is 28.6 Å². The van der Waals surface area contributed by atoms with Gasteiger partial charge in [0.2, 0.25) is 5.71 Å². The van der Waals surface area contributed by atoms with Crippen LogP contribution < -0.4 is 10.3 Å². The van der Waals surface area contributed by atoms with Crippen molar-refractivity contribution in [3.63, 3.8) is 0 Å². The first-order valence-electron chi connectivity index (χ1n) is 8.20. The van der Waals surface area contributed by atoms with Gasteiger partial charge in [-0.2, -0.15) is 0 Å². The highest BCUT2D eigenvalue weighted by Crippen LogP contribution is 2.24. The van der Waals surface area contributed by atoms with E-state index in [1.165, 1.54) is 30.0 Å². The molecular formula is C18H15F3N2O5. The highest BCUT2D eigenvalue weighted by molar-refractivity contribution is 6.03. The Morgan fingerprint density at radius 2 is 1.93 bits per heavy atom. The molecule has 0 atom stereocenters. The third-order valence-corrected chi connectivity index (χ3v) is 3.84. The van der Waals surface area contributed by atoms with E-state index in [0.717, 1.165) is 12.1 Å². The van der Waals surface area contributed by atoms with Crippen LogP contribution in [0.15, 0.2) is 39.8 Å². The van der Waals surface area contributed by atoms with E-state index in [1.807, 2.05) is 0 Å². The molecule has 28 heavy (non-hydrogen) atoms. The predicted octanol–water partition coefficient (Wildman–Crippen LogP) is 3.42. The maximum atomic E-state index is 12.8. The van der Waals surface area contributed by atoms with Gasteiger partial charge >= 0.3 is 12.3 Å². The second-order valence-corrected chi connectivity index (χ2v) is 5.80. The van der Waals surface area contributed by atoms with Gasteiger partial charge in [-0.1, -0.05) is 12.1 Å².